The van der Waals surface area contributed by atoms with Crippen LogP contribution in [0, 0.1) is 0 Å². The number of rotatable bonds is 6. The summed E-state index contributed by atoms with van der Waals surface area (Å²) in [6.07, 6.45) is 1.52. The Kier molecular flexibility index (Phi) is 6.08. The molecule has 1 amide bonds. The number of aromatic carboxylic acids is 1. The maximum absolute atomic E-state index is 11.0. The first-order valence-corrected chi connectivity index (χ1v) is 7.79. The molecule has 124 valence electrons. The Morgan fingerprint density at radius 2 is 2.08 bits per heavy atom. The van der Waals surface area contributed by atoms with E-state index < -0.39 is 5.97 Å². The van der Waals surface area contributed by atoms with Gasteiger partial charge in [-0.3, -0.25) is 4.79 Å². The van der Waals surface area contributed by atoms with E-state index >= 15 is 0 Å². The minimum Gasteiger partial charge on any atom is -0.488 e. The number of halogens is 1. The third kappa shape index (κ3) is 5.20. The highest BCUT2D eigenvalue weighted by atomic mass is 79.9. The summed E-state index contributed by atoms with van der Waals surface area (Å²) < 4.78 is 6.43. The molecule has 2 aromatic rings. The second-order valence-electron chi connectivity index (χ2n) is 4.91. The molecule has 0 spiro atoms. The Labute approximate surface area is 147 Å². The van der Waals surface area contributed by atoms with Crippen LogP contribution in [-0.4, -0.2) is 23.2 Å². The summed E-state index contributed by atoms with van der Waals surface area (Å²) in [4.78, 5) is 21.7. The normalized spacial score (nSPS) is 10.6. The van der Waals surface area contributed by atoms with E-state index in [4.69, 9.17) is 9.84 Å². The van der Waals surface area contributed by atoms with Gasteiger partial charge in [0, 0.05) is 6.92 Å². The third-order valence-electron chi connectivity index (χ3n) is 2.96. The first kappa shape index (κ1) is 17.7. The van der Waals surface area contributed by atoms with Crippen molar-refractivity contribution < 1.29 is 19.4 Å². The number of carbonyl (C=O) groups excluding carboxylic acids is 1. The van der Waals surface area contributed by atoms with Gasteiger partial charge in [0.25, 0.3) is 0 Å². The van der Waals surface area contributed by atoms with Crippen molar-refractivity contribution in [3.8, 4) is 5.75 Å². The molecule has 2 aromatic carbocycles. The summed E-state index contributed by atoms with van der Waals surface area (Å²) in [7, 11) is 0. The number of benzene rings is 2. The van der Waals surface area contributed by atoms with Crippen LogP contribution < -0.4 is 10.2 Å². The number of nitrogens with one attached hydrogen (secondary N) is 1. The maximum atomic E-state index is 11.0. The van der Waals surface area contributed by atoms with E-state index in [-0.39, 0.29) is 18.1 Å². The smallest absolute Gasteiger partial charge is 0.335 e. The lowest BCUT2D eigenvalue weighted by Gasteiger charge is -2.09. The van der Waals surface area contributed by atoms with Crippen LogP contribution in [0.15, 0.2) is 52.0 Å². The van der Waals surface area contributed by atoms with Gasteiger partial charge in [-0.05, 0) is 57.4 Å². The summed E-state index contributed by atoms with van der Waals surface area (Å²) in [5.41, 5.74) is 4.10. The number of ether oxygens (including phenoxy) is 1. The Morgan fingerprint density at radius 1 is 1.29 bits per heavy atom. The lowest BCUT2D eigenvalue weighted by Crippen LogP contribution is -2.12. The highest BCUT2D eigenvalue weighted by Crippen LogP contribution is 2.26. The predicted molar refractivity (Wildman–Crippen MR) is 93.3 cm³/mol. The van der Waals surface area contributed by atoms with Gasteiger partial charge in [-0.15, -0.1) is 0 Å². The second kappa shape index (κ2) is 8.26. The monoisotopic (exact) mass is 390 g/mol. The van der Waals surface area contributed by atoms with Gasteiger partial charge in [0.1, 0.15) is 12.4 Å². The Balaban J connectivity index is 2.03. The quantitative estimate of drug-likeness (QED) is 0.585. The van der Waals surface area contributed by atoms with Crippen LogP contribution in [0.25, 0.3) is 0 Å². The first-order chi connectivity index (χ1) is 11.5. The zero-order valence-electron chi connectivity index (χ0n) is 12.8. The van der Waals surface area contributed by atoms with Crippen LogP contribution in [0.5, 0.6) is 5.75 Å². The largest absolute Gasteiger partial charge is 0.488 e. The average Bonchev–Trinajstić information content (AvgIpc) is 2.54. The maximum Gasteiger partial charge on any atom is 0.335 e. The Hall–Kier alpha value is -2.67. The third-order valence-corrected chi connectivity index (χ3v) is 3.58. The molecule has 2 rings (SSSR count). The van der Waals surface area contributed by atoms with Gasteiger partial charge in [0.05, 0.1) is 16.3 Å². The molecule has 0 fully saturated rings. The molecule has 0 unspecified atom stereocenters. The number of nitrogens with zero attached hydrogens (tertiary/aromatic N) is 1. The minimum atomic E-state index is -0.971. The van der Waals surface area contributed by atoms with Crippen LogP contribution in [0.2, 0.25) is 0 Å². The van der Waals surface area contributed by atoms with Crippen molar-refractivity contribution in [1.82, 2.24) is 5.43 Å². The molecular formula is C17H15BrN2O4. The van der Waals surface area contributed by atoms with E-state index in [1.165, 1.54) is 19.2 Å². The number of hydrazone groups is 1. The average molecular weight is 391 g/mol. The molecule has 0 radical (unpaired) electrons. The lowest BCUT2D eigenvalue weighted by atomic mass is 10.1. The van der Waals surface area contributed by atoms with Gasteiger partial charge in [-0.2, -0.15) is 5.10 Å². The fraction of sp³-hybridized carbons (Fsp3) is 0.118. The zero-order chi connectivity index (χ0) is 17.5. The van der Waals surface area contributed by atoms with Crippen molar-refractivity contribution in [2.75, 3.05) is 0 Å². The van der Waals surface area contributed by atoms with Crippen molar-refractivity contribution in [2.45, 2.75) is 13.5 Å². The van der Waals surface area contributed by atoms with Gasteiger partial charge in [-0.25, -0.2) is 10.2 Å². The van der Waals surface area contributed by atoms with Gasteiger partial charge in [-0.1, -0.05) is 12.1 Å². The number of carboxylic acids is 1. The van der Waals surface area contributed by atoms with E-state index in [0.717, 1.165) is 15.6 Å². The molecule has 0 aliphatic rings. The summed E-state index contributed by atoms with van der Waals surface area (Å²) in [5.74, 6) is -0.595. The molecule has 0 bridgehead atoms. The van der Waals surface area contributed by atoms with Crippen LogP contribution >= 0.6 is 15.9 Å². The van der Waals surface area contributed by atoms with Crippen molar-refractivity contribution in [3.63, 3.8) is 0 Å². The molecule has 0 aliphatic heterocycles. The summed E-state index contributed by atoms with van der Waals surface area (Å²) in [6.45, 7) is 1.63. The minimum absolute atomic E-state index is 0.222. The molecule has 2 N–H and O–H groups in total. The molecule has 0 saturated heterocycles. The van der Waals surface area contributed by atoms with Crippen LogP contribution in [0.1, 0.15) is 28.4 Å². The molecule has 24 heavy (non-hydrogen) atoms. The van der Waals surface area contributed by atoms with E-state index in [1.54, 1.807) is 36.4 Å². The first-order valence-electron chi connectivity index (χ1n) is 7.00. The number of hydrogen-bond donors (Lipinski definition) is 2. The Bertz CT molecular complexity index is 790. The fourth-order valence-corrected chi connectivity index (χ4v) is 2.38. The molecule has 0 saturated carbocycles. The van der Waals surface area contributed by atoms with Gasteiger partial charge < -0.3 is 9.84 Å². The molecule has 0 aliphatic carbocycles. The van der Waals surface area contributed by atoms with E-state index in [1.807, 2.05) is 0 Å². The number of carbonyl (C=O) groups is 2. The number of carboxylic acid groups (broad SMARTS) is 1. The fourth-order valence-electron chi connectivity index (χ4n) is 1.87. The van der Waals surface area contributed by atoms with Gasteiger partial charge in [0.2, 0.25) is 5.91 Å². The Morgan fingerprint density at radius 3 is 2.75 bits per heavy atom. The highest BCUT2D eigenvalue weighted by Gasteiger charge is 2.06. The van der Waals surface area contributed by atoms with Crippen molar-refractivity contribution in [2.24, 2.45) is 5.10 Å². The lowest BCUT2D eigenvalue weighted by molar-refractivity contribution is -0.118. The molecular weight excluding hydrogens is 376 g/mol. The van der Waals surface area contributed by atoms with E-state index in [0.29, 0.717) is 5.75 Å². The predicted octanol–water partition coefficient (Wildman–Crippen LogP) is 3.20. The molecule has 7 heteroatoms. The van der Waals surface area contributed by atoms with Crippen LogP contribution in [0.4, 0.5) is 0 Å². The van der Waals surface area contributed by atoms with Gasteiger partial charge in [0.15, 0.2) is 0 Å². The number of hydrogen-bond acceptors (Lipinski definition) is 4. The number of amides is 1. The van der Waals surface area contributed by atoms with Crippen LogP contribution in [0.3, 0.4) is 0 Å². The second-order valence-corrected chi connectivity index (χ2v) is 5.76. The zero-order valence-corrected chi connectivity index (χ0v) is 14.4. The molecule has 0 heterocycles. The van der Waals surface area contributed by atoms with Crippen molar-refractivity contribution in [1.29, 1.82) is 0 Å². The van der Waals surface area contributed by atoms with E-state index in [9.17, 15) is 9.59 Å². The van der Waals surface area contributed by atoms with Gasteiger partial charge >= 0.3 is 5.97 Å². The summed E-state index contributed by atoms with van der Waals surface area (Å²) in [5, 5.41) is 12.8. The summed E-state index contributed by atoms with van der Waals surface area (Å²) >= 11 is 3.41. The molecule has 0 atom stereocenters. The molecule has 6 nitrogen and oxygen atoms in total. The topological polar surface area (TPSA) is 88.0 Å². The highest BCUT2D eigenvalue weighted by molar-refractivity contribution is 9.10. The van der Waals surface area contributed by atoms with Crippen LogP contribution in [-0.2, 0) is 11.4 Å². The molecule has 0 aromatic heterocycles. The van der Waals surface area contributed by atoms with Crippen molar-refractivity contribution >= 4 is 34.0 Å². The summed E-state index contributed by atoms with van der Waals surface area (Å²) in [6, 6.07) is 11.9. The van der Waals surface area contributed by atoms with Crippen molar-refractivity contribution in [3.05, 3.63) is 63.6 Å². The van der Waals surface area contributed by atoms with E-state index in [2.05, 4.69) is 26.5 Å². The standard InChI is InChI=1S/C17H15BrN2O4/c1-11(21)20-19-9-12-5-6-16(15(18)8-12)24-10-13-3-2-4-14(7-13)17(22)23/h2-9H,10H2,1H3,(H,20,21)(H,22,23)/b19-9-. The SMILES string of the molecule is CC(=O)N/N=C\c1ccc(OCc2cccc(C(=O)O)c2)c(Br)c1.